The molecule has 1 amide bonds. The van der Waals surface area contributed by atoms with Crippen molar-refractivity contribution in [2.45, 2.75) is 0 Å². The van der Waals surface area contributed by atoms with Gasteiger partial charge in [0.1, 0.15) is 22.8 Å². The maximum atomic E-state index is 14.7. The summed E-state index contributed by atoms with van der Waals surface area (Å²) in [7, 11) is 1.24. The number of phenolic OH excluding ortho intramolecular Hbond substituents is 1. The van der Waals surface area contributed by atoms with Crippen LogP contribution in [0.5, 0.6) is 5.75 Å². The minimum Gasteiger partial charge on any atom is -0.508 e. The van der Waals surface area contributed by atoms with Crippen LogP contribution in [0.3, 0.4) is 0 Å². The molecule has 30 heavy (non-hydrogen) atoms. The summed E-state index contributed by atoms with van der Waals surface area (Å²) in [5, 5.41) is 16.3. The molecule has 0 bridgehead atoms. The number of aromatic hydroxyl groups is 1. The zero-order valence-corrected chi connectivity index (χ0v) is 15.5. The van der Waals surface area contributed by atoms with Gasteiger partial charge < -0.3 is 9.84 Å². The van der Waals surface area contributed by atoms with Crippen LogP contribution in [0.15, 0.2) is 53.9 Å². The van der Waals surface area contributed by atoms with Gasteiger partial charge in [-0.1, -0.05) is 0 Å². The first-order valence-corrected chi connectivity index (χ1v) is 8.82. The fourth-order valence-corrected chi connectivity index (χ4v) is 3.36. The summed E-state index contributed by atoms with van der Waals surface area (Å²) in [5.41, 5.74) is 3.34. The minimum atomic E-state index is -0.708. The summed E-state index contributed by atoms with van der Waals surface area (Å²) in [6.07, 6.45) is 4.10. The van der Waals surface area contributed by atoms with Crippen molar-refractivity contribution >= 4 is 29.0 Å². The third kappa shape index (κ3) is 2.73. The molecule has 2 N–H and O–H groups in total. The summed E-state index contributed by atoms with van der Waals surface area (Å²) in [4.78, 5) is 24.9. The smallest absolute Gasteiger partial charge is 0.413 e. The lowest BCUT2D eigenvalue weighted by molar-refractivity contribution is 0.186. The van der Waals surface area contributed by atoms with E-state index in [1.54, 1.807) is 30.7 Å². The molecule has 4 heterocycles. The monoisotopic (exact) mass is 404 g/mol. The van der Waals surface area contributed by atoms with Crippen LogP contribution in [-0.2, 0) is 4.74 Å². The molecule has 0 spiro atoms. The number of nitrogens with zero attached hydrogens (tertiary/aromatic N) is 5. The van der Waals surface area contributed by atoms with Crippen molar-refractivity contribution in [3.63, 3.8) is 0 Å². The third-order valence-corrected chi connectivity index (χ3v) is 4.66. The summed E-state index contributed by atoms with van der Waals surface area (Å²) < 4.78 is 20.9. The van der Waals surface area contributed by atoms with E-state index >= 15 is 0 Å². The van der Waals surface area contributed by atoms with Crippen LogP contribution >= 0.6 is 0 Å². The summed E-state index contributed by atoms with van der Waals surface area (Å²) in [6.45, 7) is 0. The third-order valence-electron chi connectivity index (χ3n) is 4.66. The number of phenols is 1. The highest BCUT2D eigenvalue weighted by atomic mass is 19.1. The van der Waals surface area contributed by atoms with E-state index in [9.17, 15) is 14.3 Å². The molecule has 0 saturated carbocycles. The predicted octanol–water partition coefficient (Wildman–Crippen LogP) is 3.30. The molecule has 1 aliphatic rings. The Morgan fingerprint density at radius 2 is 2.07 bits per heavy atom. The Hall–Kier alpha value is -4.34. The molecule has 0 saturated heterocycles. The van der Waals surface area contributed by atoms with Crippen molar-refractivity contribution in [2.24, 2.45) is 4.99 Å². The van der Waals surface area contributed by atoms with E-state index in [0.717, 1.165) is 6.07 Å². The zero-order valence-electron chi connectivity index (χ0n) is 15.5. The van der Waals surface area contributed by atoms with Crippen LogP contribution in [-0.4, -0.2) is 43.6 Å². The number of hydrogen-bond acceptors (Lipinski definition) is 7. The Morgan fingerprint density at radius 1 is 1.20 bits per heavy atom. The fraction of sp³-hybridized carbons (Fsp3) is 0.0500. The van der Waals surface area contributed by atoms with Crippen molar-refractivity contribution in [2.75, 3.05) is 12.4 Å². The lowest BCUT2D eigenvalue weighted by Gasteiger charge is -2.09. The topological polar surface area (TPSA) is 114 Å². The number of fused-ring (bicyclic) bond motifs is 2. The number of aromatic nitrogens is 4. The van der Waals surface area contributed by atoms with E-state index < -0.39 is 11.9 Å². The standard InChI is InChI=1S/C20H13FN6O3/c1-30-20(29)25-19-24-17-12-4-6-22-9-15(12)23-16(11-3-2-10(28)8-14(11)21)13-5-7-27(26-19)18(13)17/h2-9,28H,1H3,(H,25,26,29). The average Bonchev–Trinajstić information content (AvgIpc) is 3.10. The molecule has 1 aliphatic heterocycles. The number of rotatable bonds is 2. The number of carbonyl (C=O) groups excluding carboxylic acids is 1. The van der Waals surface area contributed by atoms with Gasteiger partial charge in [0.15, 0.2) is 0 Å². The molecule has 10 heteroatoms. The van der Waals surface area contributed by atoms with Gasteiger partial charge in [-0.05, 0) is 24.3 Å². The molecule has 148 valence electrons. The van der Waals surface area contributed by atoms with E-state index in [0.29, 0.717) is 33.7 Å². The molecule has 5 rings (SSSR count). The Kier molecular flexibility index (Phi) is 3.91. The van der Waals surface area contributed by atoms with Crippen LogP contribution in [0.1, 0.15) is 11.1 Å². The Labute approximate surface area is 168 Å². The van der Waals surface area contributed by atoms with Crippen molar-refractivity contribution < 1.29 is 19.0 Å². The molecular weight excluding hydrogens is 391 g/mol. The summed E-state index contributed by atoms with van der Waals surface area (Å²) >= 11 is 0. The van der Waals surface area contributed by atoms with Gasteiger partial charge in [-0.25, -0.2) is 23.7 Å². The fourth-order valence-electron chi connectivity index (χ4n) is 3.36. The van der Waals surface area contributed by atoms with Gasteiger partial charge in [0.05, 0.1) is 24.7 Å². The predicted molar refractivity (Wildman–Crippen MR) is 106 cm³/mol. The second-order valence-electron chi connectivity index (χ2n) is 6.44. The number of aliphatic imine (C=N–C) groups is 1. The number of amides is 1. The number of ether oxygens (including phenoxy) is 1. The number of nitrogens with one attached hydrogen (secondary N) is 1. The second-order valence-corrected chi connectivity index (χ2v) is 6.44. The highest BCUT2D eigenvalue weighted by Gasteiger charge is 2.25. The van der Waals surface area contributed by atoms with Gasteiger partial charge in [0, 0.05) is 35.2 Å². The molecule has 0 aliphatic carbocycles. The maximum Gasteiger partial charge on any atom is 0.413 e. The number of benzene rings is 1. The minimum absolute atomic E-state index is 0.0357. The molecule has 3 aromatic heterocycles. The van der Waals surface area contributed by atoms with Gasteiger partial charge in [0.2, 0.25) is 0 Å². The van der Waals surface area contributed by atoms with Gasteiger partial charge in [0.25, 0.3) is 5.95 Å². The van der Waals surface area contributed by atoms with Gasteiger partial charge in [-0.15, -0.1) is 5.10 Å². The van der Waals surface area contributed by atoms with Crippen molar-refractivity contribution in [3.8, 4) is 17.0 Å². The number of pyridine rings is 1. The number of hydrogen-bond donors (Lipinski definition) is 2. The molecule has 9 nitrogen and oxygen atoms in total. The SMILES string of the molecule is COC(=O)Nc1nc2c3c(ccn3n1)C(c1ccc(O)cc1F)=Nc1cnccc1-2. The molecule has 0 fully saturated rings. The van der Waals surface area contributed by atoms with Crippen LogP contribution in [0, 0.1) is 5.82 Å². The van der Waals surface area contributed by atoms with E-state index in [4.69, 9.17) is 0 Å². The molecule has 0 unspecified atom stereocenters. The average molecular weight is 404 g/mol. The lowest BCUT2D eigenvalue weighted by Crippen LogP contribution is -2.15. The highest BCUT2D eigenvalue weighted by molar-refractivity contribution is 6.20. The van der Waals surface area contributed by atoms with Crippen LogP contribution in [0.25, 0.3) is 16.8 Å². The first-order chi connectivity index (χ1) is 14.5. The van der Waals surface area contributed by atoms with Crippen LogP contribution in [0.4, 0.5) is 20.8 Å². The largest absolute Gasteiger partial charge is 0.508 e. The van der Waals surface area contributed by atoms with Gasteiger partial charge in [-0.3, -0.25) is 10.3 Å². The molecule has 1 aromatic carbocycles. The lowest BCUT2D eigenvalue weighted by atomic mass is 10.0. The van der Waals surface area contributed by atoms with E-state index in [-0.39, 0.29) is 17.3 Å². The quantitative estimate of drug-likeness (QED) is 0.467. The second kappa shape index (κ2) is 6.62. The summed E-state index contributed by atoms with van der Waals surface area (Å²) in [6, 6.07) is 7.35. The van der Waals surface area contributed by atoms with Crippen molar-refractivity contribution in [3.05, 3.63) is 65.9 Å². The maximum absolute atomic E-state index is 14.7. The summed E-state index contributed by atoms with van der Waals surface area (Å²) in [5.74, 6) is -0.766. The van der Waals surface area contributed by atoms with E-state index in [1.807, 2.05) is 0 Å². The first kappa shape index (κ1) is 17.7. The number of methoxy groups -OCH3 is 1. The van der Waals surface area contributed by atoms with E-state index in [1.165, 1.54) is 23.8 Å². The molecule has 0 atom stereocenters. The van der Waals surface area contributed by atoms with Crippen molar-refractivity contribution in [1.29, 1.82) is 0 Å². The van der Waals surface area contributed by atoms with Gasteiger partial charge in [-0.2, -0.15) is 0 Å². The van der Waals surface area contributed by atoms with Gasteiger partial charge >= 0.3 is 6.09 Å². The van der Waals surface area contributed by atoms with Crippen LogP contribution < -0.4 is 5.32 Å². The number of halogens is 1. The normalized spacial score (nSPS) is 12.1. The Balaban J connectivity index is 1.82. The molecule has 4 aromatic rings. The molecule has 0 radical (unpaired) electrons. The number of carbonyl (C=O) groups is 1. The van der Waals surface area contributed by atoms with Crippen LogP contribution in [0.2, 0.25) is 0 Å². The van der Waals surface area contributed by atoms with E-state index in [2.05, 4.69) is 30.1 Å². The number of anilines is 1. The Morgan fingerprint density at radius 3 is 2.87 bits per heavy atom. The first-order valence-electron chi connectivity index (χ1n) is 8.82. The highest BCUT2D eigenvalue weighted by Crippen LogP contribution is 2.38. The molecular formula is C20H13FN6O3. The van der Waals surface area contributed by atoms with Crippen molar-refractivity contribution in [1.82, 2.24) is 19.6 Å². The zero-order chi connectivity index (χ0) is 20.8. The Bertz CT molecular complexity index is 1360.